The molecule has 14 heavy (non-hydrogen) atoms. The zero-order valence-electron chi connectivity index (χ0n) is 8.26. The Balaban J connectivity index is 2.48. The molecule has 1 aromatic carbocycles. The summed E-state index contributed by atoms with van der Waals surface area (Å²) in [4.78, 5) is 0. The fourth-order valence-corrected chi connectivity index (χ4v) is 1.49. The van der Waals surface area contributed by atoms with E-state index < -0.39 is 0 Å². The minimum Gasteiger partial charge on any atom is -0.309 e. The molecule has 0 aromatic heterocycles. The summed E-state index contributed by atoms with van der Waals surface area (Å²) in [5.41, 5.74) is 1.28. The highest BCUT2D eigenvalue weighted by atomic mass is 79.9. The van der Waals surface area contributed by atoms with Crippen LogP contribution in [0.1, 0.15) is 24.9 Å². The van der Waals surface area contributed by atoms with Crippen LogP contribution in [-0.4, -0.2) is 6.54 Å². The van der Waals surface area contributed by atoms with Crippen molar-refractivity contribution < 1.29 is 0 Å². The fourth-order valence-electron chi connectivity index (χ4n) is 1.23. The van der Waals surface area contributed by atoms with Crippen LogP contribution in [0.2, 0.25) is 0 Å². The van der Waals surface area contributed by atoms with Crippen LogP contribution in [0.25, 0.3) is 0 Å². The van der Waals surface area contributed by atoms with Gasteiger partial charge in [-0.25, -0.2) is 0 Å². The van der Waals surface area contributed by atoms with Crippen LogP contribution in [0.5, 0.6) is 0 Å². The van der Waals surface area contributed by atoms with Gasteiger partial charge >= 0.3 is 0 Å². The molecule has 0 radical (unpaired) electrons. The lowest BCUT2D eigenvalue weighted by Gasteiger charge is -2.13. The lowest BCUT2D eigenvalue weighted by Crippen LogP contribution is -2.19. The molecule has 0 saturated carbocycles. The Morgan fingerprint density at radius 1 is 1.43 bits per heavy atom. The van der Waals surface area contributed by atoms with Crippen molar-refractivity contribution in [2.24, 2.45) is 0 Å². The molecule has 0 bridgehead atoms. The van der Waals surface area contributed by atoms with Gasteiger partial charge in [0, 0.05) is 23.5 Å². The second kappa shape index (κ2) is 5.85. The Morgan fingerprint density at radius 3 is 2.64 bits per heavy atom. The van der Waals surface area contributed by atoms with E-state index in [0.29, 0.717) is 6.04 Å². The van der Waals surface area contributed by atoms with Crippen molar-refractivity contribution in [1.29, 1.82) is 0 Å². The third-order valence-electron chi connectivity index (χ3n) is 2.09. The van der Waals surface area contributed by atoms with Crippen molar-refractivity contribution in [3.8, 4) is 12.3 Å². The van der Waals surface area contributed by atoms with Crippen LogP contribution in [0.4, 0.5) is 0 Å². The van der Waals surface area contributed by atoms with Gasteiger partial charge in [-0.2, -0.15) is 0 Å². The molecule has 0 aliphatic carbocycles. The molecule has 0 saturated heterocycles. The summed E-state index contributed by atoms with van der Waals surface area (Å²) in [6.45, 7) is 3.01. The van der Waals surface area contributed by atoms with Gasteiger partial charge in [-0.15, -0.1) is 12.3 Å². The first-order valence-electron chi connectivity index (χ1n) is 4.66. The summed E-state index contributed by atoms with van der Waals surface area (Å²) in [5.74, 6) is 2.61. The molecule has 2 heteroatoms. The maximum absolute atomic E-state index is 5.18. The SMILES string of the molecule is C#CCCN[C@H](C)c1ccc(Br)cc1. The Morgan fingerprint density at radius 2 is 2.07 bits per heavy atom. The maximum Gasteiger partial charge on any atom is 0.0292 e. The van der Waals surface area contributed by atoms with E-state index in [2.05, 4.69) is 58.4 Å². The number of terminal acetylenes is 1. The molecule has 1 aromatic rings. The Kier molecular flexibility index (Phi) is 4.72. The standard InChI is InChI=1S/C12H14BrN/c1-3-4-9-14-10(2)11-5-7-12(13)8-6-11/h1,5-8,10,14H,4,9H2,2H3/t10-/m1/s1. The molecule has 1 atom stereocenters. The normalized spacial score (nSPS) is 12.1. The molecule has 74 valence electrons. The topological polar surface area (TPSA) is 12.0 Å². The largest absolute Gasteiger partial charge is 0.309 e. The van der Waals surface area contributed by atoms with Crippen molar-refractivity contribution in [2.45, 2.75) is 19.4 Å². The molecule has 0 spiro atoms. The summed E-state index contributed by atoms with van der Waals surface area (Å²) in [5, 5.41) is 3.36. The van der Waals surface area contributed by atoms with Gasteiger partial charge in [-0.3, -0.25) is 0 Å². The summed E-state index contributed by atoms with van der Waals surface area (Å²) in [7, 11) is 0. The van der Waals surface area contributed by atoms with Crippen LogP contribution in [-0.2, 0) is 0 Å². The molecule has 0 fully saturated rings. The zero-order chi connectivity index (χ0) is 10.4. The van der Waals surface area contributed by atoms with Crippen molar-refractivity contribution in [1.82, 2.24) is 5.32 Å². The monoisotopic (exact) mass is 251 g/mol. The Hall–Kier alpha value is -0.780. The fraction of sp³-hybridized carbons (Fsp3) is 0.333. The molecular weight excluding hydrogens is 238 g/mol. The van der Waals surface area contributed by atoms with E-state index in [1.165, 1.54) is 5.56 Å². The van der Waals surface area contributed by atoms with E-state index in [1.807, 2.05) is 0 Å². The highest BCUT2D eigenvalue weighted by Gasteiger charge is 2.02. The van der Waals surface area contributed by atoms with Gasteiger partial charge in [0.25, 0.3) is 0 Å². The first kappa shape index (κ1) is 11.3. The first-order chi connectivity index (χ1) is 6.74. The predicted molar refractivity (Wildman–Crippen MR) is 64.0 cm³/mol. The molecular formula is C12H14BrN. The Bertz CT molecular complexity index is 310. The average molecular weight is 252 g/mol. The van der Waals surface area contributed by atoms with E-state index in [9.17, 15) is 0 Å². The number of hydrogen-bond acceptors (Lipinski definition) is 1. The minimum absolute atomic E-state index is 0.358. The van der Waals surface area contributed by atoms with E-state index in [1.54, 1.807) is 0 Å². The number of hydrogen-bond donors (Lipinski definition) is 1. The van der Waals surface area contributed by atoms with Gasteiger partial charge in [0.05, 0.1) is 0 Å². The second-order valence-corrected chi connectivity index (χ2v) is 4.10. The smallest absolute Gasteiger partial charge is 0.0292 e. The van der Waals surface area contributed by atoms with Crippen LogP contribution in [0.3, 0.4) is 0 Å². The van der Waals surface area contributed by atoms with Crippen LogP contribution in [0, 0.1) is 12.3 Å². The van der Waals surface area contributed by atoms with Crippen LogP contribution >= 0.6 is 15.9 Å². The van der Waals surface area contributed by atoms with Gasteiger partial charge in [0.1, 0.15) is 0 Å². The van der Waals surface area contributed by atoms with E-state index in [0.717, 1.165) is 17.4 Å². The van der Waals surface area contributed by atoms with Gasteiger partial charge < -0.3 is 5.32 Å². The van der Waals surface area contributed by atoms with Gasteiger partial charge in [-0.1, -0.05) is 28.1 Å². The number of halogens is 1. The molecule has 0 heterocycles. The Labute approximate surface area is 94.0 Å². The summed E-state index contributed by atoms with van der Waals surface area (Å²) in [6, 6.07) is 8.68. The van der Waals surface area contributed by atoms with E-state index in [-0.39, 0.29) is 0 Å². The van der Waals surface area contributed by atoms with Crippen molar-refractivity contribution in [3.63, 3.8) is 0 Å². The highest BCUT2D eigenvalue weighted by molar-refractivity contribution is 9.10. The highest BCUT2D eigenvalue weighted by Crippen LogP contribution is 2.16. The van der Waals surface area contributed by atoms with Gasteiger partial charge in [0.15, 0.2) is 0 Å². The molecule has 1 nitrogen and oxygen atoms in total. The number of benzene rings is 1. The summed E-state index contributed by atoms with van der Waals surface area (Å²) in [6.07, 6.45) is 5.96. The van der Waals surface area contributed by atoms with E-state index >= 15 is 0 Å². The number of nitrogens with one attached hydrogen (secondary N) is 1. The van der Waals surface area contributed by atoms with E-state index in [4.69, 9.17) is 6.42 Å². The van der Waals surface area contributed by atoms with Crippen LogP contribution < -0.4 is 5.32 Å². The third kappa shape index (κ3) is 3.53. The lowest BCUT2D eigenvalue weighted by molar-refractivity contribution is 0.584. The molecule has 0 amide bonds. The second-order valence-electron chi connectivity index (χ2n) is 3.18. The first-order valence-corrected chi connectivity index (χ1v) is 5.45. The van der Waals surface area contributed by atoms with Crippen molar-refractivity contribution in [2.75, 3.05) is 6.54 Å². The molecule has 0 aliphatic heterocycles. The van der Waals surface area contributed by atoms with Gasteiger partial charge in [0.2, 0.25) is 0 Å². The predicted octanol–water partition coefficient (Wildman–Crippen LogP) is 3.12. The summed E-state index contributed by atoms with van der Waals surface area (Å²) >= 11 is 3.41. The molecule has 0 aliphatic rings. The molecule has 1 rings (SSSR count). The van der Waals surface area contributed by atoms with Gasteiger partial charge in [-0.05, 0) is 24.6 Å². The average Bonchev–Trinajstić information content (AvgIpc) is 2.19. The minimum atomic E-state index is 0.358. The van der Waals surface area contributed by atoms with Crippen LogP contribution in [0.15, 0.2) is 28.7 Å². The maximum atomic E-state index is 5.18. The summed E-state index contributed by atoms with van der Waals surface area (Å²) < 4.78 is 1.11. The van der Waals surface area contributed by atoms with Crippen molar-refractivity contribution >= 4 is 15.9 Å². The lowest BCUT2D eigenvalue weighted by atomic mass is 10.1. The number of rotatable bonds is 4. The third-order valence-corrected chi connectivity index (χ3v) is 2.62. The molecule has 1 N–H and O–H groups in total. The quantitative estimate of drug-likeness (QED) is 0.641. The van der Waals surface area contributed by atoms with Crippen molar-refractivity contribution in [3.05, 3.63) is 34.3 Å². The molecule has 0 unspecified atom stereocenters. The zero-order valence-corrected chi connectivity index (χ0v) is 9.84.